The first kappa shape index (κ1) is 17.3. The maximum atomic E-state index is 12.6. The second kappa shape index (κ2) is 7.99. The van der Waals surface area contributed by atoms with Crippen molar-refractivity contribution < 1.29 is 9.59 Å². The summed E-state index contributed by atoms with van der Waals surface area (Å²) in [6.07, 6.45) is 2.16. The smallest absolute Gasteiger partial charge is 0.242 e. The van der Waals surface area contributed by atoms with E-state index in [2.05, 4.69) is 36.3 Å². The van der Waals surface area contributed by atoms with Crippen LogP contribution < -0.4 is 10.2 Å². The summed E-state index contributed by atoms with van der Waals surface area (Å²) in [6.45, 7) is 5.55. The normalized spacial score (nSPS) is 17.4. The van der Waals surface area contributed by atoms with Crippen molar-refractivity contribution in [1.82, 2.24) is 10.2 Å². The standard InChI is InChI=1S/C18H27N3O2/c1-4-8-17(22)19-11-18(23)21-12-14-9-6-7-10-16(14)20(3)13-15(21)5-2/h6-7,9-10,15H,4-5,8,11-13H2,1-3H3,(H,19,22)/t15-/m0/s1. The number of benzene rings is 1. The Morgan fingerprint density at radius 2 is 2.00 bits per heavy atom. The van der Waals surface area contributed by atoms with Crippen LogP contribution in [0.3, 0.4) is 0 Å². The molecule has 1 atom stereocenters. The molecule has 5 heteroatoms. The SMILES string of the molecule is CCCC(=O)NCC(=O)N1Cc2ccccc2N(C)C[C@@H]1CC. The van der Waals surface area contributed by atoms with E-state index in [4.69, 9.17) is 0 Å². The molecule has 0 aliphatic carbocycles. The van der Waals surface area contributed by atoms with Crippen LogP contribution in [0.15, 0.2) is 24.3 Å². The van der Waals surface area contributed by atoms with Gasteiger partial charge in [-0.15, -0.1) is 0 Å². The van der Waals surface area contributed by atoms with Crippen LogP contribution in [0.5, 0.6) is 0 Å². The molecule has 1 aromatic carbocycles. The summed E-state index contributed by atoms with van der Waals surface area (Å²) in [5.41, 5.74) is 2.33. The van der Waals surface area contributed by atoms with Gasteiger partial charge in [0, 0.05) is 38.3 Å². The number of hydrogen-bond donors (Lipinski definition) is 1. The summed E-state index contributed by atoms with van der Waals surface area (Å²) in [5, 5.41) is 2.74. The predicted molar refractivity (Wildman–Crippen MR) is 92.3 cm³/mol. The zero-order chi connectivity index (χ0) is 16.8. The van der Waals surface area contributed by atoms with E-state index in [1.54, 1.807) is 0 Å². The van der Waals surface area contributed by atoms with Gasteiger partial charge in [-0.2, -0.15) is 0 Å². The number of carbonyl (C=O) groups excluding carboxylic acids is 2. The molecule has 126 valence electrons. The molecule has 1 N–H and O–H groups in total. The van der Waals surface area contributed by atoms with Crippen LogP contribution in [0.2, 0.25) is 0 Å². The first-order valence-electron chi connectivity index (χ1n) is 8.42. The molecule has 2 rings (SSSR count). The molecule has 0 bridgehead atoms. The number of rotatable bonds is 5. The van der Waals surface area contributed by atoms with E-state index in [9.17, 15) is 9.59 Å². The highest BCUT2D eigenvalue weighted by atomic mass is 16.2. The molecule has 1 aliphatic heterocycles. The van der Waals surface area contributed by atoms with Gasteiger partial charge in [0.2, 0.25) is 11.8 Å². The van der Waals surface area contributed by atoms with Gasteiger partial charge in [0.15, 0.2) is 0 Å². The van der Waals surface area contributed by atoms with E-state index in [0.29, 0.717) is 13.0 Å². The Kier molecular flexibility index (Phi) is 6.02. The lowest BCUT2D eigenvalue weighted by Crippen LogP contribution is -2.47. The maximum absolute atomic E-state index is 12.6. The number of fused-ring (bicyclic) bond motifs is 1. The highest BCUT2D eigenvalue weighted by Gasteiger charge is 2.28. The highest BCUT2D eigenvalue weighted by Crippen LogP contribution is 2.26. The Labute approximate surface area is 138 Å². The number of hydrogen-bond acceptors (Lipinski definition) is 3. The van der Waals surface area contributed by atoms with Crippen molar-refractivity contribution in [2.45, 2.75) is 45.7 Å². The lowest BCUT2D eigenvalue weighted by molar-refractivity contribution is -0.135. The fraction of sp³-hybridized carbons (Fsp3) is 0.556. The van der Waals surface area contributed by atoms with Gasteiger partial charge in [-0.05, 0) is 24.5 Å². The van der Waals surface area contributed by atoms with E-state index in [1.807, 2.05) is 24.0 Å². The fourth-order valence-corrected chi connectivity index (χ4v) is 3.08. The summed E-state index contributed by atoms with van der Waals surface area (Å²) in [5.74, 6) is -0.0624. The molecule has 5 nitrogen and oxygen atoms in total. The van der Waals surface area contributed by atoms with Crippen molar-refractivity contribution >= 4 is 17.5 Å². The first-order chi connectivity index (χ1) is 11.1. The minimum absolute atomic E-state index is 0.00796. The summed E-state index contributed by atoms with van der Waals surface area (Å²) in [6, 6.07) is 8.35. The molecule has 0 saturated heterocycles. The van der Waals surface area contributed by atoms with Gasteiger partial charge in [0.1, 0.15) is 0 Å². The second-order valence-electron chi connectivity index (χ2n) is 6.12. The Balaban J connectivity index is 2.12. The molecule has 1 aromatic rings. The number of nitrogens with zero attached hydrogens (tertiary/aromatic N) is 2. The average Bonchev–Trinajstić information content (AvgIpc) is 2.70. The van der Waals surface area contributed by atoms with Gasteiger partial charge in [-0.3, -0.25) is 9.59 Å². The van der Waals surface area contributed by atoms with Gasteiger partial charge in [-0.1, -0.05) is 32.0 Å². The molecule has 1 aliphatic rings. The number of anilines is 1. The molecular formula is C18H27N3O2. The van der Waals surface area contributed by atoms with E-state index in [-0.39, 0.29) is 24.4 Å². The van der Waals surface area contributed by atoms with Gasteiger partial charge in [0.05, 0.1) is 6.54 Å². The van der Waals surface area contributed by atoms with Crippen LogP contribution in [0.4, 0.5) is 5.69 Å². The molecule has 23 heavy (non-hydrogen) atoms. The van der Waals surface area contributed by atoms with Crippen molar-refractivity contribution in [1.29, 1.82) is 0 Å². The zero-order valence-electron chi connectivity index (χ0n) is 14.3. The third-order valence-electron chi connectivity index (χ3n) is 4.37. The van der Waals surface area contributed by atoms with Crippen LogP contribution in [-0.4, -0.2) is 42.9 Å². The Morgan fingerprint density at radius 1 is 1.26 bits per heavy atom. The number of likely N-dealkylation sites (N-methyl/N-ethyl adjacent to an activating group) is 1. The number of carbonyl (C=O) groups is 2. The van der Waals surface area contributed by atoms with Gasteiger partial charge in [0.25, 0.3) is 0 Å². The predicted octanol–water partition coefficient (Wildman–Crippen LogP) is 2.16. The van der Waals surface area contributed by atoms with Crippen molar-refractivity contribution in [3.63, 3.8) is 0 Å². The molecule has 0 unspecified atom stereocenters. The van der Waals surface area contributed by atoms with Crippen LogP contribution >= 0.6 is 0 Å². The molecule has 2 amide bonds. The van der Waals surface area contributed by atoms with Crippen molar-refractivity contribution in [3.8, 4) is 0 Å². The topological polar surface area (TPSA) is 52.7 Å². The molecule has 0 fully saturated rings. The van der Waals surface area contributed by atoms with E-state index in [0.717, 1.165) is 24.9 Å². The van der Waals surface area contributed by atoms with Crippen molar-refractivity contribution in [2.24, 2.45) is 0 Å². The van der Waals surface area contributed by atoms with Gasteiger partial charge in [-0.25, -0.2) is 0 Å². The Bertz CT molecular complexity index is 559. The minimum Gasteiger partial charge on any atom is -0.372 e. The summed E-state index contributed by atoms with van der Waals surface area (Å²) in [7, 11) is 2.07. The lowest BCUT2D eigenvalue weighted by Gasteiger charge is -2.30. The van der Waals surface area contributed by atoms with Crippen molar-refractivity contribution in [3.05, 3.63) is 29.8 Å². The summed E-state index contributed by atoms with van der Waals surface area (Å²) in [4.78, 5) is 28.4. The van der Waals surface area contributed by atoms with E-state index >= 15 is 0 Å². The molecule has 0 aromatic heterocycles. The van der Waals surface area contributed by atoms with Gasteiger partial charge < -0.3 is 15.1 Å². The maximum Gasteiger partial charge on any atom is 0.242 e. The molecule has 0 spiro atoms. The Hall–Kier alpha value is -2.04. The van der Waals surface area contributed by atoms with Crippen LogP contribution in [0.1, 0.15) is 38.7 Å². The monoisotopic (exact) mass is 317 g/mol. The molecule has 0 saturated carbocycles. The third-order valence-corrected chi connectivity index (χ3v) is 4.37. The third kappa shape index (κ3) is 4.24. The highest BCUT2D eigenvalue weighted by molar-refractivity contribution is 5.85. The van der Waals surface area contributed by atoms with Gasteiger partial charge >= 0.3 is 0 Å². The lowest BCUT2D eigenvalue weighted by atomic mass is 10.1. The second-order valence-corrected chi connectivity index (χ2v) is 6.12. The first-order valence-corrected chi connectivity index (χ1v) is 8.42. The molecule has 1 heterocycles. The van der Waals surface area contributed by atoms with Crippen molar-refractivity contribution in [2.75, 3.05) is 25.0 Å². The molecular weight excluding hydrogens is 290 g/mol. The fourth-order valence-electron chi connectivity index (χ4n) is 3.08. The summed E-state index contributed by atoms with van der Waals surface area (Å²) < 4.78 is 0. The average molecular weight is 317 g/mol. The zero-order valence-corrected chi connectivity index (χ0v) is 14.3. The van der Waals surface area contributed by atoms with Crippen LogP contribution in [-0.2, 0) is 16.1 Å². The Morgan fingerprint density at radius 3 is 2.70 bits per heavy atom. The summed E-state index contributed by atoms with van der Waals surface area (Å²) >= 11 is 0. The quantitative estimate of drug-likeness (QED) is 0.905. The molecule has 0 radical (unpaired) electrons. The van der Waals surface area contributed by atoms with Crippen LogP contribution in [0, 0.1) is 0 Å². The van der Waals surface area contributed by atoms with Crippen LogP contribution in [0.25, 0.3) is 0 Å². The number of para-hydroxylation sites is 1. The van der Waals surface area contributed by atoms with E-state index < -0.39 is 0 Å². The largest absolute Gasteiger partial charge is 0.372 e. The number of amides is 2. The minimum atomic E-state index is -0.0544. The number of nitrogens with one attached hydrogen (secondary N) is 1. The van der Waals surface area contributed by atoms with E-state index in [1.165, 1.54) is 5.69 Å².